The molecule has 3 heteroatoms. The summed E-state index contributed by atoms with van der Waals surface area (Å²) in [6.07, 6.45) is 0. The molecule has 8 rings (SSSR count). The summed E-state index contributed by atoms with van der Waals surface area (Å²) in [6, 6.07) is 67.3. The van der Waals surface area contributed by atoms with Crippen molar-refractivity contribution in [2.45, 2.75) is 16.7 Å². The SMILES string of the molecule is Cc1ccc(Sc2ccc3c(c2)c2cc([Si](c4ccccc4)(c4ccccc4)c4ccccc4)ccc2n3-c2ccccc2)cc1. The van der Waals surface area contributed by atoms with E-state index in [2.05, 4.69) is 193 Å². The van der Waals surface area contributed by atoms with Crippen molar-refractivity contribution in [2.24, 2.45) is 0 Å². The predicted octanol–water partition coefficient (Wildman–Crippen LogP) is 8.62. The number of benzene rings is 7. The van der Waals surface area contributed by atoms with Crippen molar-refractivity contribution in [1.82, 2.24) is 4.57 Å². The van der Waals surface area contributed by atoms with Crippen molar-refractivity contribution in [2.75, 3.05) is 0 Å². The van der Waals surface area contributed by atoms with Crippen molar-refractivity contribution in [3.8, 4) is 5.69 Å². The molecule has 46 heavy (non-hydrogen) atoms. The van der Waals surface area contributed by atoms with Crippen LogP contribution >= 0.6 is 11.8 Å². The van der Waals surface area contributed by atoms with Gasteiger partial charge >= 0.3 is 0 Å². The van der Waals surface area contributed by atoms with Crippen LogP contribution in [0.1, 0.15) is 5.56 Å². The van der Waals surface area contributed by atoms with Crippen LogP contribution in [0.25, 0.3) is 27.5 Å². The Kier molecular flexibility index (Phi) is 7.41. The molecule has 0 amide bonds. The summed E-state index contributed by atoms with van der Waals surface area (Å²) < 4.78 is 2.42. The zero-order chi connectivity index (χ0) is 30.9. The van der Waals surface area contributed by atoms with Crippen molar-refractivity contribution in [1.29, 1.82) is 0 Å². The highest BCUT2D eigenvalue weighted by Crippen LogP contribution is 2.36. The quantitative estimate of drug-likeness (QED) is 0.127. The molecule has 0 unspecified atom stereocenters. The Hall–Kier alpha value is -5.09. The van der Waals surface area contributed by atoms with Gasteiger partial charge in [-0.25, -0.2) is 0 Å². The minimum atomic E-state index is -2.67. The maximum atomic E-state index is 2.51. The number of para-hydroxylation sites is 1. The summed E-state index contributed by atoms with van der Waals surface area (Å²) >= 11 is 1.82. The molecule has 8 aromatic rings. The average Bonchev–Trinajstić information content (AvgIpc) is 3.44. The highest BCUT2D eigenvalue weighted by Gasteiger charge is 2.41. The molecule has 1 aromatic heterocycles. The largest absolute Gasteiger partial charge is 0.309 e. The van der Waals surface area contributed by atoms with Crippen molar-refractivity contribution in [3.63, 3.8) is 0 Å². The minimum absolute atomic E-state index is 1.17. The first-order valence-electron chi connectivity index (χ1n) is 15.8. The molecule has 0 saturated heterocycles. The van der Waals surface area contributed by atoms with Crippen LogP contribution in [0.5, 0.6) is 0 Å². The zero-order valence-electron chi connectivity index (χ0n) is 25.7. The van der Waals surface area contributed by atoms with Crippen LogP contribution in [0.15, 0.2) is 192 Å². The average molecular weight is 624 g/mol. The Morgan fingerprint density at radius 2 is 0.870 bits per heavy atom. The molecule has 0 aliphatic rings. The van der Waals surface area contributed by atoms with Crippen LogP contribution in [-0.4, -0.2) is 12.6 Å². The van der Waals surface area contributed by atoms with Gasteiger partial charge in [-0.1, -0.05) is 151 Å². The van der Waals surface area contributed by atoms with Crippen molar-refractivity contribution >= 4 is 62.4 Å². The topological polar surface area (TPSA) is 4.93 Å². The van der Waals surface area contributed by atoms with E-state index < -0.39 is 8.07 Å². The molecular weight excluding hydrogens is 591 g/mol. The van der Waals surface area contributed by atoms with Gasteiger partial charge in [-0.05, 0) is 76.2 Å². The molecule has 1 nitrogen and oxygen atoms in total. The Labute approximate surface area is 275 Å². The van der Waals surface area contributed by atoms with Gasteiger partial charge in [-0.15, -0.1) is 0 Å². The van der Waals surface area contributed by atoms with Crippen LogP contribution in [0.2, 0.25) is 0 Å². The van der Waals surface area contributed by atoms with Crippen molar-refractivity contribution < 1.29 is 0 Å². The fourth-order valence-electron chi connectivity index (χ4n) is 6.96. The van der Waals surface area contributed by atoms with Gasteiger partial charge in [0.2, 0.25) is 0 Å². The molecule has 1 heterocycles. The Bertz CT molecular complexity index is 2160. The molecule has 0 aliphatic heterocycles. The summed E-state index contributed by atoms with van der Waals surface area (Å²) in [5.41, 5.74) is 4.89. The molecule has 0 saturated carbocycles. The van der Waals surface area contributed by atoms with E-state index in [9.17, 15) is 0 Å². The Balaban J connectivity index is 1.43. The van der Waals surface area contributed by atoms with Crippen molar-refractivity contribution in [3.05, 3.63) is 188 Å². The molecule has 0 aliphatic carbocycles. The van der Waals surface area contributed by atoms with E-state index >= 15 is 0 Å². The van der Waals surface area contributed by atoms with E-state index in [1.54, 1.807) is 0 Å². The molecule has 7 aromatic carbocycles. The fraction of sp³-hybridized carbons (Fsp3) is 0.0233. The second kappa shape index (κ2) is 12.0. The first kappa shape index (κ1) is 28.4. The van der Waals surface area contributed by atoms with Crippen LogP contribution < -0.4 is 20.7 Å². The van der Waals surface area contributed by atoms with E-state index in [1.807, 2.05) is 11.8 Å². The first-order valence-corrected chi connectivity index (χ1v) is 18.6. The zero-order valence-corrected chi connectivity index (χ0v) is 27.5. The van der Waals surface area contributed by atoms with Gasteiger partial charge in [-0.2, -0.15) is 0 Å². The Morgan fingerprint density at radius 1 is 0.413 bits per heavy atom. The van der Waals surface area contributed by atoms with E-state index in [4.69, 9.17) is 0 Å². The third-order valence-corrected chi connectivity index (χ3v) is 14.8. The highest BCUT2D eigenvalue weighted by molar-refractivity contribution is 7.99. The fourth-order valence-corrected chi connectivity index (χ4v) is 12.6. The second-order valence-electron chi connectivity index (χ2n) is 11.8. The maximum Gasteiger partial charge on any atom is 0.179 e. The third kappa shape index (κ3) is 4.89. The van der Waals surface area contributed by atoms with Gasteiger partial charge < -0.3 is 4.57 Å². The van der Waals surface area contributed by atoms with E-state index in [1.165, 1.54) is 63.6 Å². The van der Waals surface area contributed by atoms with E-state index in [0.29, 0.717) is 0 Å². The van der Waals surface area contributed by atoms with Gasteiger partial charge in [-0.3, -0.25) is 0 Å². The number of aromatic nitrogens is 1. The van der Waals surface area contributed by atoms with E-state index in [0.717, 1.165) is 0 Å². The number of hydrogen-bond donors (Lipinski definition) is 0. The summed E-state index contributed by atoms with van der Waals surface area (Å²) in [5.74, 6) is 0. The molecule has 0 radical (unpaired) electrons. The molecule has 0 fully saturated rings. The minimum Gasteiger partial charge on any atom is -0.309 e. The highest BCUT2D eigenvalue weighted by atomic mass is 32.2. The number of rotatable bonds is 7. The summed E-state index contributed by atoms with van der Waals surface area (Å²) in [4.78, 5) is 2.49. The smallest absolute Gasteiger partial charge is 0.179 e. The first-order chi connectivity index (χ1) is 22.7. The summed E-state index contributed by atoms with van der Waals surface area (Å²) in [7, 11) is -2.67. The van der Waals surface area contributed by atoms with E-state index in [-0.39, 0.29) is 0 Å². The Morgan fingerprint density at radius 3 is 1.41 bits per heavy atom. The lowest BCUT2D eigenvalue weighted by atomic mass is 10.1. The van der Waals surface area contributed by atoms with Gasteiger partial charge in [0.1, 0.15) is 0 Å². The second-order valence-corrected chi connectivity index (χ2v) is 16.8. The predicted molar refractivity (Wildman–Crippen MR) is 200 cm³/mol. The number of aryl methyl sites for hydroxylation is 1. The van der Waals surface area contributed by atoms with Gasteiger partial charge in [0.05, 0.1) is 11.0 Å². The standard InChI is InChI=1S/C43H33NSSi/c1-32-22-24-34(25-23-32)45-35-26-28-42-40(30-35)41-31-39(27-29-43(41)44(42)33-14-6-2-7-15-33)46(36-16-8-3-9-17-36,37-18-10-4-11-19-37)38-20-12-5-13-21-38/h2-31H,1H3. The lowest BCUT2D eigenvalue weighted by Gasteiger charge is -2.34. The molecule has 0 bridgehead atoms. The molecule has 0 atom stereocenters. The lowest BCUT2D eigenvalue weighted by molar-refractivity contribution is 1.18. The van der Waals surface area contributed by atoms with Gasteiger partial charge in [0.25, 0.3) is 0 Å². The lowest BCUT2D eigenvalue weighted by Crippen LogP contribution is -2.74. The summed E-state index contributed by atoms with van der Waals surface area (Å²) in [6.45, 7) is 2.14. The third-order valence-electron chi connectivity index (χ3n) is 9.06. The molecule has 0 spiro atoms. The number of hydrogen-bond acceptors (Lipinski definition) is 1. The monoisotopic (exact) mass is 623 g/mol. The normalized spacial score (nSPS) is 11.7. The number of fused-ring (bicyclic) bond motifs is 3. The number of nitrogens with zero attached hydrogens (tertiary/aromatic N) is 1. The maximum absolute atomic E-state index is 2.67. The summed E-state index contributed by atoms with van der Waals surface area (Å²) in [5, 5.41) is 8.09. The molecule has 220 valence electrons. The van der Waals surface area contributed by atoms with Gasteiger partial charge in [0.15, 0.2) is 8.07 Å². The van der Waals surface area contributed by atoms with Crippen LogP contribution in [0.4, 0.5) is 0 Å². The molecule has 0 N–H and O–H groups in total. The van der Waals surface area contributed by atoms with Crippen LogP contribution in [-0.2, 0) is 0 Å². The molecular formula is C43H33NSSi. The van der Waals surface area contributed by atoms with Crippen LogP contribution in [0.3, 0.4) is 0 Å². The van der Waals surface area contributed by atoms with Crippen LogP contribution in [0, 0.1) is 6.92 Å². The van der Waals surface area contributed by atoms with Gasteiger partial charge in [0, 0.05) is 26.3 Å².